The molecule has 1 aromatic carbocycles. The van der Waals surface area contributed by atoms with Crippen LogP contribution in [-0.4, -0.2) is 17.2 Å². The number of carboxylic acids is 1. The molecule has 0 aromatic heterocycles. The standard InChI is InChI=1S/C12H14O3/c1-3-6-10-7-4-5-8-11(10)15-9(2)12(13)14/h3-5,7-9H,1,6H2,2H3,(H,13,14)/t9-/m1/s1. The summed E-state index contributed by atoms with van der Waals surface area (Å²) >= 11 is 0. The summed E-state index contributed by atoms with van der Waals surface area (Å²) < 4.78 is 5.31. The summed E-state index contributed by atoms with van der Waals surface area (Å²) in [5, 5.41) is 8.72. The molecule has 80 valence electrons. The average molecular weight is 206 g/mol. The molecule has 0 heterocycles. The third kappa shape index (κ3) is 3.13. The number of carboxylic acid groups (broad SMARTS) is 1. The summed E-state index contributed by atoms with van der Waals surface area (Å²) in [5.41, 5.74) is 0.945. The van der Waals surface area contributed by atoms with E-state index in [1.807, 2.05) is 18.2 Å². The van der Waals surface area contributed by atoms with Crippen LogP contribution in [0.3, 0.4) is 0 Å². The first kappa shape index (κ1) is 11.3. The van der Waals surface area contributed by atoms with Crippen molar-refractivity contribution in [1.82, 2.24) is 0 Å². The summed E-state index contributed by atoms with van der Waals surface area (Å²) in [6.45, 7) is 5.15. The van der Waals surface area contributed by atoms with Gasteiger partial charge in [0.1, 0.15) is 5.75 Å². The lowest BCUT2D eigenvalue weighted by Crippen LogP contribution is -2.23. The van der Waals surface area contributed by atoms with Crippen LogP contribution in [0.2, 0.25) is 0 Å². The maximum absolute atomic E-state index is 10.6. The summed E-state index contributed by atoms with van der Waals surface area (Å²) in [5.74, 6) is -0.365. The Bertz CT molecular complexity index is 358. The highest BCUT2D eigenvalue weighted by atomic mass is 16.5. The number of allylic oxidation sites excluding steroid dienone is 1. The summed E-state index contributed by atoms with van der Waals surface area (Å²) in [4.78, 5) is 10.6. The van der Waals surface area contributed by atoms with Gasteiger partial charge in [-0.15, -0.1) is 6.58 Å². The Balaban J connectivity index is 2.83. The highest BCUT2D eigenvalue weighted by Crippen LogP contribution is 2.20. The Morgan fingerprint density at radius 1 is 1.60 bits per heavy atom. The fourth-order valence-electron chi connectivity index (χ4n) is 1.18. The maximum atomic E-state index is 10.6. The SMILES string of the molecule is C=CCc1ccccc1O[C@H](C)C(=O)O. The van der Waals surface area contributed by atoms with E-state index in [2.05, 4.69) is 6.58 Å². The third-order valence-electron chi connectivity index (χ3n) is 1.99. The molecule has 0 amide bonds. The van der Waals surface area contributed by atoms with Gasteiger partial charge in [0.05, 0.1) is 0 Å². The Morgan fingerprint density at radius 3 is 2.87 bits per heavy atom. The van der Waals surface area contributed by atoms with Crippen molar-refractivity contribution in [3.63, 3.8) is 0 Å². The van der Waals surface area contributed by atoms with Crippen molar-refractivity contribution < 1.29 is 14.6 Å². The normalized spacial score (nSPS) is 11.8. The van der Waals surface area contributed by atoms with Gasteiger partial charge in [-0.2, -0.15) is 0 Å². The van der Waals surface area contributed by atoms with E-state index in [1.165, 1.54) is 6.92 Å². The van der Waals surface area contributed by atoms with E-state index in [4.69, 9.17) is 9.84 Å². The first-order valence-electron chi connectivity index (χ1n) is 4.73. The van der Waals surface area contributed by atoms with Crippen molar-refractivity contribution in [2.24, 2.45) is 0 Å². The monoisotopic (exact) mass is 206 g/mol. The second-order valence-corrected chi connectivity index (χ2v) is 3.20. The molecule has 0 bridgehead atoms. The molecule has 0 radical (unpaired) electrons. The fourth-order valence-corrected chi connectivity index (χ4v) is 1.18. The molecule has 1 rings (SSSR count). The number of benzene rings is 1. The third-order valence-corrected chi connectivity index (χ3v) is 1.99. The number of carbonyl (C=O) groups is 1. The molecule has 1 N–H and O–H groups in total. The van der Waals surface area contributed by atoms with Crippen LogP contribution in [0.15, 0.2) is 36.9 Å². The molecule has 1 atom stereocenters. The quantitative estimate of drug-likeness (QED) is 0.752. The van der Waals surface area contributed by atoms with Crippen LogP contribution in [0.4, 0.5) is 0 Å². The minimum absolute atomic E-state index is 0.604. The van der Waals surface area contributed by atoms with E-state index in [-0.39, 0.29) is 0 Å². The van der Waals surface area contributed by atoms with Crippen LogP contribution in [-0.2, 0) is 11.2 Å². The van der Waals surface area contributed by atoms with E-state index in [0.29, 0.717) is 12.2 Å². The molecule has 0 saturated heterocycles. The van der Waals surface area contributed by atoms with Crippen LogP contribution in [0.25, 0.3) is 0 Å². The molecule has 0 aliphatic rings. The van der Waals surface area contributed by atoms with E-state index in [1.54, 1.807) is 12.1 Å². The molecule has 1 aromatic rings. The zero-order valence-corrected chi connectivity index (χ0v) is 8.64. The predicted molar refractivity (Wildman–Crippen MR) is 58.1 cm³/mol. The van der Waals surface area contributed by atoms with E-state index >= 15 is 0 Å². The van der Waals surface area contributed by atoms with Crippen LogP contribution in [0.1, 0.15) is 12.5 Å². The molecule has 15 heavy (non-hydrogen) atoms. The van der Waals surface area contributed by atoms with Gasteiger partial charge in [0.25, 0.3) is 0 Å². The van der Waals surface area contributed by atoms with E-state index in [0.717, 1.165) is 5.56 Å². The number of para-hydroxylation sites is 1. The van der Waals surface area contributed by atoms with Crippen LogP contribution < -0.4 is 4.74 Å². The summed E-state index contributed by atoms with van der Waals surface area (Å²) in [7, 11) is 0. The molecule has 3 nitrogen and oxygen atoms in total. The smallest absolute Gasteiger partial charge is 0.344 e. The van der Waals surface area contributed by atoms with Crippen molar-refractivity contribution in [2.75, 3.05) is 0 Å². The van der Waals surface area contributed by atoms with Crippen molar-refractivity contribution >= 4 is 5.97 Å². The molecular formula is C12H14O3. The van der Waals surface area contributed by atoms with Crippen molar-refractivity contribution in [2.45, 2.75) is 19.4 Å². The van der Waals surface area contributed by atoms with Gasteiger partial charge in [-0.25, -0.2) is 4.79 Å². The molecular weight excluding hydrogens is 192 g/mol. The highest BCUT2D eigenvalue weighted by molar-refractivity contribution is 5.72. The van der Waals surface area contributed by atoms with Gasteiger partial charge in [-0.3, -0.25) is 0 Å². The fraction of sp³-hybridized carbons (Fsp3) is 0.250. The zero-order chi connectivity index (χ0) is 11.3. The Morgan fingerprint density at radius 2 is 2.27 bits per heavy atom. The molecule has 0 saturated carbocycles. The number of aliphatic carboxylic acids is 1. The molecule has 0 spiro atoms. The lowest BCUT2D eigenvalue weighted by molar-refractivity contribution is -0.144. The Labute approximate surface area is 89.0 Å². The van der Waals surface area contributed by atoms with Gasteiger partial charge in [0.2, 0.25) is 0 Å². The second kappa shape index (κ2) is 5.20. The first-order valence-corrected chi connectivity index (χ1v) is 4.73. The molecule has 0 aliphatic carbocycles. The highest BCUT2D eigenvalue weighted by Gasteiger charge is 2.13. The largest absolute Gasteiger partial charge is 0.479 e. The van der Waals surface area contributed by atoms with Gasteiger partial charge in [0, 0.05) is 0 Å². The van der Waals surface area contributed by atoms with Gasteiger partial charge in [-0.05, 0) is 25.0 Å². The van der Waals surface area contributed by atoms with Gasteiger partial charge in [-0.1, -0.05) is 24.3 Å². The lowest BCUT2D eigenvalue weighted by Gasteiger charge is -2.13. The van der Waals surface area contributed by atoms with Crippen LogP contribution in [0, 0.1) is 0 Å². The van der Waals surface area contributed by atoms with Crippen LogP contribution in [0.5, 0.6) is 5.75 Å². The van der Waals surface area contributed by atoms with Gasteiger partial charge in [0.15, 0.2) is 6.10 Å². The second-order valence-electron chi connectivity index (χ2n) is 3.20. The number of ether oxygens (including phenoxy) is 1. The minimum atomic E-state index is -0.969. The lowest BCUT2D eigenvalue weighted by atomic mass is 10.1. The van der Waals surface area contributed by atoms with E-state index in [9.17, 15) is 4.79 Å². The molecule has 0 fully saturated rings. The summed E-state index contributed by atoms with van der Waals surface area (Å²) in [6, 6.07) is 7.36. The molecule has 3 heteroatoms. The minimum Gasteiger partial charge on any atom is -0.479 e. The Kier molecular flexibility index (Phi) is 3.92. The predicted octanol–water partition coefficient (Wildman–Crippen LogP) is 2.27. The van der Waals surface area contributed by atoms with Crippen LogP contribution >= 0.6 is 0 Å². The van der Waals surface area contributed by atoms with Crippen molar-refractivity contribution in [3.05, 3.63) is 42.5 Å². The van der Waals surface area contributed by atoms with Gasteiger partial charge >= 0.3 is 5.97 Å². The summed E-state index contributed by atoms with van der Waals surface area (Å²) in [6.07, 6.45) is 1.59. The van der Waals surface area contributed by atoms with Crippen molar-refractivity contribution in [3.8, 4) is 5.75 Å². The first-order chi connectivity index (χ1) is 7.15. The Hall–Kier alpha value is -1.77. The van der Waals surface area contributed by atoms with Crippen molar-refractivity contribution in [1.29, 1.82) is 0 Å². The number of hydrogen-bond donors (Lipinski definition) is 1. The molecule has 0 unspecified atom stereocenters. The van der Waals surface area contributed by atoms with E-state index < -0.39 is 12.1 Å². The van der Waals surface area contributed by atoms with Gasteiger partial charge < -0.3 is 9.84 Å². The number of hydrogen-bond acceptors (Lipinski definition) is 2. The zero-order valence-electron chi connectivity index (χ0n) is 8.64. The average Bonchev–Trinajstić information content (AvgIpc) is 2.21. The topological polar surface area (TPSA) is 46.5 Å². The maximum Gasteiger partial charge on any atom is 0.344 e. The number of rotatable bonds is 5. The molecule has 0 aliphatic heterocycles.